The van der Waals surface area contributed by atoms with E-state index < -0.39 is 0 Å². The summed E-state index contributed by atoms with van der Waals surface area (Å²) in [6.45, 7) is 4.36. The fraction of sp³-hybridized carbons (Fsp3) is 0.348. The van der Waals surface area contributed by atoms with Crippen LogP contribution >= 0.6 is 0 Å². The first kappa shape index (κ1) is 22.9. The number of anilines is 1. The number of rotatable bonds is 11. The minimum Gasteiger partial charge on any atom is -0.495 e. The van der Waals surface area contributed by atoms with Crippen molar-refractivity contribution in [3.05, 3.63) is 53.6 Å². The van der Waals surface area contributed by atoms with Crippen LogP contribution in [0.1, 0.15) is 42.1 Å². The highest BCUT2D eigenvalue weighted by atomic mass is 16.5. The van der Waals surface area contributed by atoms with E-state index in [4.69, 9.17) is 9.47 Å². The molecular weight excluding hydrogens is 384 g/mol. The van der Waals surface area contributed by atoms with Crippen LogP contribution in [0.25, 0.3) is 0 Å². The SMILES string of the molecule is CCCOc1ccc(C(=O)CCC(=O)NCC(=O)Nc2cc(C)ccc2OC)cc1. The van der Waals surface area contributed by atoms with Gasteiger partial charge in [-0.2, -0.15) is 0 Å². The third-order valence-corrected chi connectivity index (χ3v) is 4.30. The van der Waals surface area contributed by atoms with E-state index in [0.29, 0.717) is 29.4 Å². The van der Waals surface area contributed by atoms with Crippen LogP contribution in [0.4, 0.5) is 5.69 Å². The van der Waals surface area contributed by atoms with Crippen molar-refractivity contribution in [1.82, 2.24) is 5.32 Å². The largest absolute Gasteiger partial charge is 0.495 e. The van der Waals surface area contributed by atoms with Gasteiger partial charge in [0.2, 0.25) is 11.8 Å². The van der Waals surface area contributed by atoms with Crippen molar-refractivity contribution >= 4 is 23.3 Å². The lowest BCUT2D eigenvalue weighted by molar-refractivity contribution is -0.124. The summed E-state index contributed by atoms with van der Waals surface area (Å²) >= 11 is 0. The summed E-state index contributed by atoms with van der Waals surface area (Å²) in [5.74, 6) is 0.374. The first-order chi connectivity index (χ1) is 14.4. The smallest absolute Gasteiger partial charge is 0.243 e. The molecular formula is C23H28N2O5. The van der Waals surface area contributed by atoms with Gasteiger partial charge in [0, 0.05) is 18.4 Å². The van der Waals surface area contributed by atoms with Crippen molar-refractivity contribution in [2.24, 2.45) is 0 Å². The monoisotopic (exact) mass is 412 g/mol. The third kappa shape index (κ3) is 7.24. The van der Waals surface area contributed by atoms with E-state index in [1.807, 2.05) is 19.9 Å². The molecule has 30 heavy (non-hydrogen) atoms. The van der Waals surface area contributed by atoms with E-state index >= 15 is 0 Å². The molecule has 0 saturated heterocycles. The van der Waals surface area contributed by atoms with Gasteiger partial charge in [0.1, 0.15) is 11.5 Å². The molecule has 2 amide bonds. The molecule has 0 aliphatic rings. The summed E-state index contributed by atoms with van der Waals surface area (Å²) in [6, 6.07) is 12.3. The van der Waals surface area contributed by atoms with E-state index in [9.17, 15) is 14.4 Å². The normalized spacial score (nSPS) is 10.2. The molecule has 0 radical (unpaired) electrons. The maximum absolute atomic E-state index is 12.2. The topological polar surface area (TPSA) is 93.7 Å². The summed E-state index contributed by atoms with van der Waals surface area (Å²) in [5, 5.41) is 5.24. The van der Waals surface area contributed by atoms with Crippen LogP contribution < -0.4 is 20.1 Å². The highest BCUT2D eigenvalue weighted by Crippen LogP contribution is 2.24. The molecule has 0 aliphatic carbocycles. The van der Waals surface area contributed by atoms with Crippen LogP contribution in [0.5, 0.6) is 11.5 Å². The van der Waals surface area contributed by atoms with E-state index in [1.54, 1.807) is 36.4 Å². The number of amides is 2. The van der Waals surface area contributed by atoms with Gasteiger partial charge >= 0.3 is 0 Å². The second-order valence-corrected chi connectivity index (χ2v) is 6.82. The van der Waals surface area contributed by atoms with Crippen molar-refractivity contribution in [3.63, 3.8) is 0 Å². The molecule has 0 spiro atoms. The van der Waals surface area contributed by atoms with Crippen LogP contribution in [0.3, 0.4) is 0 Å². The Hall–Kier alpha value is -3.35. The van der Waals surface area contributed by atoms with E-state index in [1.165, 1.54) is 7.11 Å². The Kier molecular flexibility index (Phi) is 8.87. The standard InChI is InChI=1S/C23H28N2O5/c1-4-13-30-18-8-6-17(7-9-18)20(26)10-12-22(27)24-15-23(28)25-19-14-16(2)5-11-21(19)29-3/h5-9,11,14H,4,10,12-13,15H2,1-3H3,(H,24,27)(H,25,28). The fourth-order valence-electron chi connectivity index (χ4n) is 2.71. The van der Waals surface area contributed by atoms with Crippen LogP contribution in [0.15, 0.2) is 42.5 Å². The molecule has 0 heterocycles. The van der Waals surface area contributed by atoms with E-state index in [-0.39, 0.29) is 37.0 Å². The number of Topliss-reactive ketones (excluding diaryl/α,β-unsaturated/α-hetero) is 1. The first-order valence-corrected chi connectivity index (χ1v) is 9.90. The molecule has 7 nitrogen and oxygen atoms in total. The maximum atomic E-state index is 12.2. The molecule has 2 aromatic carbocycles. The number of ketones is 1. The van der Waals surface area contributed by atoms with Crippen molar-refractivity contribution < 1.29 is 23.9 Å². The molecule has 0 fully saturated rings. The third-order valence-electron chi connectivity index (χ3n) is 4.30. The van der Waals surface area contributed by atoms with E-state index in [0.717, 1.165) is 12.0 Å². The second kappa shape index (κ2) is 11.6. The molecule has 0 unspecified atom stereocenters. The molecule has 0 saturated carbocycles. The number of aryl methyl sites for hydroxylation is 1. The summed E-state index contributed by atoms with van der Waals surface area (Å²) in [4.78, 5) is 36.3. The molecule has 160 valence electrons. The number of hydrogen-bond donors (Lipinski definition) is 2. The Morgan fingerprint density at radius 2 is 1.70 bits per heavy atom. The van der Waals surface area contributed by atoms with Crippen LogP contribution in [0, 0.1) is 6.92 Å². The predicted octanol–water partition coefficient (Wildman–Crippen LogP) is 3.51. The second-order valence-electron chi connectivity index (χ2n) is 6.82. The Labute approximate surface area is 176 Å². The predicted molar refractivity (Wildman–Crippen MR) is 115 cm³/mol. The zero-order chi connectivity index (χ0) is 21.9. The van der Waals surface area contributed by atoms with Gasteiger partial charge in [-0.3, -0.25) is 14.4 Å². The number of benzene rings is 2. The lowest BCUT2D eigenvalue weighted by atomic mass is 10.1. The molecule has 2 rings (SSSR count). The van der Waals surface area contributed by atoms with Crippen LogP contribution in [0.2, 0.25) is 0 Å². The number of ether oxygens (including phenoxy) is 2. The Morgan fingerprint density at radius 3 is 2.37 bits per heavy atom. The zero-order valence-electron chi connectivity index (χ0n) is 17.6. The van der Waals surface area contributed by atoms with Gasteiger partial charge in [0.25, 0.3) is 0 Å². The highest BCUT2D eigenvalue weighted by molar-refractivity contribution is 5.99. The minimum absolute atomic E-state index is 0.00790. The fourth-order valence-corrected chi connectivity index (χ4v) is 2.71. The molecule has 2 N–H and O–H groups in total. The van der Waals surface area contributed by atoms with Gasteiger partial charge in [-0.15, -0.1) is 0 Å². The Bertz CT molecular complexity index is 878. The van der Waals surface area contributed by atoms with Crippen LogP contribution in [-0.4, -0.2) is 37.9 Å². The van der Waals surface area contributed by atoms with Gasteiger partial charge in [0.15, 0.2) is 5.78 Å². The number of methoxy groups -OCH3 is 1. The molecule has 0 aliphatic heterocycles. The lowest BCUT2D eigenvalue weighted by Crippen LogP contribution is -2.33. The number of carbonyl (C=O) groups is 3. The number of carbonyl (C=O) groups excluding carboxylic acids is 3. The molecule has 0 bridgehead atoms. The van der Waals surface area contributed by atoms with Gasteiger partial charge in [-0.05, 0) is 55.3 Å². The maximum Gasteiger partial charge on any atom is 0.243 e. The van der Waals surface area contributed by atoms with Gasteiger partial charge in [0.05, 0.1) is 25.9 Å². The molecule has 7 heteroatoms. The summed E-state index contributed by atoms with van der Waals surface area (Å²) in [6.07, 6.45) is 0.981. The molecule has 0 aromatic heterocycles. The van der Waals surface area contributed by atoms with Crippen molar-refractivity contribution in [1.29, 1.82) is 0 Å². The highest BCUT2D eigenvalue weighted by Gasteiger charge is 2.12. The minimum atomic E-state index is -0.374. The van der Waals surface area contributed by atoms with Crippen molar-refractivity contribution in [2.75, 3.05) is 25.6 Å². The molecule has 0 atom stereocenters. The molecule has 2 aromatic rings. The lowest BCUT2D eigenvalue weighted by Gasteiger charge is -2.11. The Morgan fingerprint density at radius 1 is 0.967 bits per heavy atom. The zero-order valence-corrected chi connectivity index (χ0v) is 17.6. The number of hydrogen-bond acceptors (Lipinski definition) is 5. The summed E-state index contributed by atoms with van der Waals surface area (Å²) in [5.41, 5.74) is 2.04. The average molecular weight is 412 g/mol. The first-order valence-electron chi connectivity index (χ1n) is 9.90. The van der Waals surface area contributed by atoms with E-state index in [2.05, 4.69) is 10.6 Å². The van der Waals surface area contributed by atoms with Crippen molar-refractivity contribution in [3.8, 4) is 11.5 Å². The Balaban J connectivity index is 1.76. The van der Waals surface area contributed by atoms with Crippen molar-refractivity contribution in [2.45, 2.75) is 33.1 Å². The quantitative estimate of drug-likeness (QED) is 0.551. The van der Waals surface area contributed by atoms with Gasteiger partial charge in [-0.1, -0.05) is 13.0 Å². The summed E-state index contributed by atoms with van der Waals surface area (Å²) < 4.78 is 10.7. The van der Waals surface area contributed by atoms with Gasteiger partial charge < -0.3 is 20.1 Å². The van der Waals surface area contributed by atoms with Crippen LogP contribution in [-0.2, 0) is 9.59 Å². The van der Waals surface area contributed by atoms with Gasteiger partial charge in [-0.25, -0.2) is 0 Å². The average Bonchev–Trinajstić information content (AvgIpc) is 2.75. The number of nitrogens with one attached hydrogen (secondary N) is 2. The summed E-state index contributed by atoms with van der Waals surface area (Å²) in [7, 11) is 1.52.